The third-order valence-corrected chi connectivity index (χ3v) is 8.16. The molecule has 3 fully saturated rings. The highest BCUT2D eigenvalue weighted by molar-refractivity contribution is 5.90. The van der Waals surface area contributed by atoms with E-state index in [0.29, 0.717) is 40.2 Å². The van der Waals surface area contributed by atoms with Crippen molar-refractivity contribution in [2.45, 2.75) is 37.9 Å². The van der Waals surface area contributed by atoms with Gasteiger partial charge in [0, 0.05) is 36.0 Å². The lowest BCUT2D eigenvalue weighted by atomic mass is 9.74. The Hall–Kier alpha value is -3.49. The average molecular weight is 489 g/mol. The molecule has 2 aromatic carbocycles. The number of piperidine rings is 3. The van der Waals surface area contributed by atoms with Crippen molar-refractivity contribution in [2.24, 2.45) is 5.92 Å². The Bertz CT molecular complexity index is 1280. The Morgan fingerprint density at radius 2 is 1.75 bits per heavy atom. The maximum Gasteiger partial charge on any atom is 0.348 e. The number of aliphatic hydroxyl groups is 1. The summed E-state index contributed by atoms with van der Waals surface area (Å²) in [6.07, 6.45) is 2.06. The predicted octanol–water partition coefficient (Wildman–Crippen LogP) is 2.91. The molecule has 36 heavy (non-hydrogen) atoms. The molecule has 8 nitrogen and oxygen atoms in total. The summed E-state index contributed by atoms with van der Waals surface area (Å²) in [5, 5.41) is 18.6. The summed E-state index contributed by atoms with van der Waals surface area (Å²) >= 11 is 0. The van der Waals surface area contributed by atoms with Crippen LogP contribution < -0.4 is 5.32 Å². The molecule has 0 unspecified atom stereocenters. The summed E-state index contributed by atoms with van der Waals surface area (Å²) < 4.78 is 11.7. The maximum absolute atomic E-state index is 13.8. The number of nitrogens with zero attached hydrogens (tertiary/aromatic N) is 2. The van der Waals surface area contributed by atoms with Gasteiger partial charge in [0.15, 0.2) is 18.5 Å². The van der Waals surface area contributed by atoms with Crippen LogP contribution in [-0.4, -0.2) is 58.9 Å². The van der Waals surface area contributed by atoms with Gasteiger partial charge in [-0.05, 0) is 24.5 Å². The Balaban J connectivity index is 1.23. The number of nitrogens with one attached hydrogen (secondary N) is 1. The molecule has 4 heterocycles. The fourth-order valence-corrected chi connectivity index (χ4v) is 6.34. The largest absolute Gasteiger partial charge is 0.453 e. The van der Waals surface area contributed by atoms with E-state index in [0.717, 1.165) is 37.1 Å². The third kappa shape index (κ3) is 3.81. The van der Waals surface area contributed by atoms with Crippen molar-refractivity contribution in [3.63, 3.8) is 0 Å². The van der Waals surface area contributed by atoms with E-state index >= 15 is 0 Å². The number of aryl methyl sites for hydroxylation is 1. The molecular formula is C28H30N3O5+. The number of carbonyl (C=O) groups excluding carboxylic acids is 2. The molecule has 3 saturated heterocycles. The van der Waals surface area contributed by atoms with Crippen LogP contribution in [0.3, 0.4) is 0 Å². The quantitative estimate of drug-likeness (QED) is 0.423. The molecule has 8 heteroatoms. The summed E-state index contributed by atoms with van der Waals surface area (Å²) in [5.74, 6) is 0.492. The van der Waals surface area contributed by atoms with Crippen LogP contribution >= 0.6 is 0 Å². The van der Waals surface area contributed by atoms with Gasteiger partial charge in [0.1, 0.15) is 12.3 Å². The first-order valence-corrected chi connectivity index (χ1v) is 12.5. The molecule has 3 aliphatic heterocycles. The minimum absolute atomic E-state index is 0.137. The highest BCUT2D eigenvalue weighted by Crippen LogP contribution is 2.42. The first-order chi connectivity index (χ1) is 17.4. The third-order valence-electron chi connectivity index (χ3n) is 8.16. The molecule has 7 rings (SSSR count). The number of hydrogen-bond donors (Lipinski definition) is 2. The van der Waals surface area contributed by atoms with Crippen LogP contribution in [0.15, 0.2) is 59.1 Å². The van der Waals surface area contributed by atoms with Gasteiger partial charge in [-0.15, -0.1) is 0 Å². The zero-order valence-corrected chi connectivity index (χ0v) is 20.3. The van der Waals surface area contributed by atoms with Crippen molar-refractivity contribution >= 4 is 17.7 Å². The molecule has 1 aromatic heterocycles. The Labute approximate surface area is 209 Å². The highest BCUT2D eigenvalue weighted by atomic mass is 16.6. The molecule has 2 bridgehead atoms. The molecule has 3 aromatic rings. The molecule has 0 saturated carbocycles. The number of rotatable bonds is 5. The van der Waals surface area contributed by atoms with E-state index in [4.69, 9.17) is 9.26 Å². The number of aromatic nitrogens is 1. The van der Waals surface area contributed by atoms with E-state index in [1.54, 1.807) is 13.0 Å². The van der Waals surface area contributed by atoms with Crippen LogP contribution in [-0.2, 0) is 26.3 Å². The van der Waals surface area contributed by atoms with Gasteiger partial charge in [-0.3, -0.25) is 4.79 Å². The summed E-state index contributed by atoms with van der Waals surface area (Å²) in [4.78, 5) is 26.6. The summed E-state index contributed by atoms with van der Waals surface area (Å²) in [5.41, 5.74) is 1.16. The Morgan fingerprint density at radius 1 is 1.11 bits per heavy atom. The number of carbonyl (C=O) groups is 2. The fourth-order valence-electron chi connectivity index (χ4n) is 6.34. The fraction of sp³-hybridized carbons (Fsp3) is 0.393. The van der Waals surface area contributed by atoms with Crippen molar-refractivity contribution < 1.29 is 28.4 Å². The second-order valence-electron chi connectivity index (χ2n) is 10.5. The minimum Gasteiger partial charge on any atom is -0.453 e. The molecule has 1 amide bonds. The van der Waals surface area contributed by atoms with Gasteiger partial charge in [0.05, 0.1) is 13.1 Å². The first-order valence-electron chi connectivity index (χ1n) is 12.5. The van der Waals surface area contributed by atoms with Crippen molar-refractivity contribution in [2.75, 3.05) is 31.5 Å². The maximum atomic E-state index is 13.8. The van der Waals surface area contributed by atoms with E-state index in [-0.39, 0.29) is 24.5 Å². The molecule has 1 atom stereocenters. The van der Waals surface area contributed by atoms with Crippen molar-refractivity contribution in [3.05, 3.63) is 82.6 Å². The monoisotopic (exact) mass is 488 g/mol. The van der Waals surface area contributed by atoms with Crippen LogP contribution in [0.5, 0.6) is 0 Å². The number of quaternary nitrogens is 1. The highest BCUT2D eigenvalue weighted by Gasteiger charge is 2.52. The molecular weight excluding hydrogens is 458 g/mol. The van der Waals surface area contributed by atoms with E-state index in [1.165, 1.54) is 0 Å². The molecule has 4 aliphatic rings. The number of amides is 1. The van der Waals surface area contributed by atoms with Gasteiger partial charge >= 0.3 is 5.97 Å². The van der Waals surface area contributed by atoms with Gasteiger partial charge in [0.2, 0.25) is 5.60 Å². The van der Waals surface area contributed by atoms with Crippen molar-refractivity contribution in [3.8, 4) is 0 Å². The lowest BCUT2D eigenvalue weighted by molar-refractivity contribution is -0.939. The molecule has 2 N–H and O–H groups in total. The normalized spacial score (nSPS) is 25.5. The Morgan fingerprint density at radius 3 is 2.36 bits per heavy atom. The van der Waals surface area contributed by atoms with Crippen molar-refractivity contribution in [1.82, 2.24) is 5.16 Å². The standard InChI is InChI=1S/C28H29N3O5/c1-18-14-25(30-36-18)29-26(32)17-31-12-10-19(11-13-31)24(16-31)35-27(33)28(34)22-8-4-2-6-20(22)15-21-7-3-5-9-23(21)28/h2-9,14,19,24,34H,10-13,15-17H2,1H3/p+1/t19?,24-,31?/m0/s1. The average Bonchev–Trinajstić information content (AvgIpc) is 3.28. The lowest BCUT2D eigenvalue weighted by Crippen LogP contribution is -2.66. The van der Waals surface area contributed by atoms with Gasteiger partial charge < -0.3 is 24.2 Å². The minimum atomic E-state index is -1.86. The van der Waals surface area contributed by atoms with Crippen LogP contribution in [0.4, 0.5) is 5.82 Å². The van der Waals surface area contributed by atoms with E-state index in [2.05, 4.69) is 10.5 Å². The van der Waals surface area contributed by atoms with Gasteiger partial charge in [-0.2, -0.15) is 0 Å². The number of fused-ring (bicyclic) bond motifs is 5. The van der Waals surface area contributed by atoms with E-state index in [1.807, 2.05) is 48.5 Å². The SMILES string of the molecule is Cc1cc(NC(=O)C[N+]23CCC(CC2)[C@@H](OC(=O)C2(O)c4ccccc4Cc4ccccc42)C3)no1. The number of hydrogen-bond acceptors (Lipinski definition) is 6. The lowest BCUT2D eigenvalue weighted by Gasteiger charge is -2.51. The number of esters is 1. The first kappa shape index (κ1) is 22.9. The molecule has 1 aliphatic carbocycles. The van der Waals surface area contributed by atoms with Crippen LogP contribution in [0.1, 0.15) is 40.9 Å². The molecule has 186 valence electrons. The zero-order chi connectivity index (χ0) is 24.9. The summed E-state index contributed by atoms with van der Waals surface area (Å²) in [7, 11) is 0. The van der Waals surface area contributed by atoms with Crippen LogP contribution in [0, 0.1) is 12.8 Å². The predicted molar refractivity (Wildman–Crippen MR) is 131 cm³/mol. The second-order valence-corrected chi connectivity index (χ2v) is 10.5. The van der Waals surface area contributed by atoms with Crippen LogP contribution in [0.25, 0.3) is 0 Å². The number of ether oxygens (including phenoxy) is 1. The van der Waals surface area contributed by atoms with Crippen molar-refractivity contribution in [1.29, 1.82) is 0 Å². The Kier molecular flexibility index (Phi) is 5.46. The number of benzene rings is 2. The van der Waals surface area contributed by atoms with Crippen LogP contribution in [0.2, 0.25) is 0 Å². The van der Waals surface area contributed by atoms with E-state index < -0.39 is 11.6 Å². The summed E-state index contributed by atoms with van der Waals surface area (Å²) in [6.45, 7) is 4.33. The summed E-state index contributed by atoms with van der Waals surface area (Å²) in [6, 6.07) is 16.7. The zero-order valence-electron chi connectivity index (χ0n) is 20.3. The second kappa shape index (κ2) is 8.57. The number of anilines is 1. The van der Waals surface area contributed by atoms with Gasteiger partial charge in [0.25, 0.3) is 5.91 Å². The molecule has 0 spiro atoms. The van der Waals surface area contributed by atoms with Gasteiger partial charge in [-0.1, -0.05) is 53.7 Å². The topological polar surface area (TPSA) is 102 Å². The van der Waals surface area contributed by atoms with Gasteiger partial charge in [-0.25, -0.2) is 4.79 Å². The molecule has 0 radical (unpaired) electrons. The smallest absolute Gasteiger partial charge is 0.348 e. The van der Waals surface area contributed by atoms with E-state index in [9.17, 15) is 14.7 Å².